The third-order valence-electron chi connectivity index (χ3n) is 5.43. The molecule has 0 unspecified atom stereocenters. The van der Waals surface area contributed by atoms with Gasteiger partial charge in [0.05, 0.1) is 12.6 Å². The first kappa shape index (κ1) is 20.3. The van der Waals surface area contributed by atoms with Gasteiger partial charge in [-0.15, -0.1) is 0 Å². The molecule has 7 nitrogen and oxygen atoms in total. The van der Waals surface area contributed by atoms with Gasteiger partial charge < -0.3 is 9.84 Å². The van der Waals surface area contributed by atoms with E-state index in [1.807, 2.05) is 48.5 Å². The van der Waals surface area contributed by atoms with Gasteiger partial charge in [-0.1, -0.05) is 53.7 Å². The lowest BCUT2D eigenvalue weighted by atomic mass is 10.1. The first-order valence-corrected chi connectivity index (χ1v) is 10.3. The van der Waals surface area contributed by atoms with Crippen LogP contribution in [0.15, 0.2) is 65.2 Å². The summed E-state index contributed by atoms with van der Waals surface area (Å²) in [5, 5.41) is 7.09. The maximum Gasteiger partial charge on any atom is 0.243 e. The quantitative estimate of drug-likeness (QED) is 0.651. The fraction of sp³-hybridized carbons (Fsp3) is 0.348. The average molecular weight is 406 g/mol. The van der Waals surface area contributed by atoms with E-state index in [0.29, 0.717) is 24.7 Å². The van der Waals surface area contributed by atoms with E-state index in [2.05, 4.69) is 44.3 Å². The number of hydrogen-bond donors (Lipinski definition) is 1. The van der Waals surface area contributed by atoms with E-state index in [9.17, 15) is 4.79 Å². The van der Waals surface area contributed by atoms with Gasteiger partial charge in [-0.25, -0.2) is 0 Å². The summed E-state index contributed by atoms with van der Waals surface area (Å²) in [6.07, 6.45) is 0.668. The maximum absolute atomic E-state index is 12.3. The van der Waals surface area contributed by atoms with E-state index in [4.69, 9.17) is 4.52 Å². The Hall–Kier alpha value is -3.03. The monoisotopic (exact) mass is 405 g/mol. The Bertz CT molecular complexity index is 936. The average Bonchev–Trinajstić information content (AvgIpc) is 3.23. The minimum atomic E-state index is 0.0187. The SMILES string of the molecule is C[C@H](c1nc(Cc2ccccc2)no1)N1CCN(CC(=O)Nc2ccccc2)CC1. The van der Waals surface area contributed by atoms with Crippen molar-refractivity contribution >= 4 is 11.6 Å². The number of aromatic nitrogens is 2. The molecule has 0 bridgehead atoms. The van der Waals surface area contributed by atoms with Crippen molar-refractivity contribution in [2.45, 2.75) is 19.4 Å². The number of para-hydroxylation sites is 1. The second-order valence-electron chi connectivity index (χ2n) is 7.61. The molecule has 1 atom stereocenters. The first-order chi connectivity index (χ1) is 14.7. The molecule has 7 heteroatoms. The van der Waals surface area contributed by atoms with Gasteiger partial charge in [-0.3, -0.25) is 14.6 Å². The summed E-state index contributed by atoms with van der Waals surface area (Å²) in [6.45, 7) is 5.87. The zero-order chi connectivity index (χ0) is 20.8. The number of nitrogens with one attached hydrogen (secondary N) is 1. The number of piperazine rings is 1. The molecule has 0 radical (unpaired) electrons. The van der Waals surface area contributed by atoms with Crippen LogP contribution in [0.3, 0.4) is 0 Å². The van der Waals surface area contributed by atoms with E-state index >= 15 is 0 Å². The van der Waals surface area contributed by atoms with Crippen LogP contribution in [0.2, 0.25) is 0 Å². The van der Waals surface area contributed by atoms with Crippen molar-refractivity contribution in [3.8, 4) is 0 Å². The Kier molecular flexibility index (Phi) is 6.51. The Morgan fingerprint density at radius 3 is 2.40 bits per heavy atom. The van der Waals surface area contributed by atoms with Gasteiger partial charge in [0.25, 0.3) is 0 Å². The van der Waals surface area contributed by atoms with Crippen molar-refractivity contribution in [1.82, 2.24) is 19.9 Å². The molecule has 0 aliphatic carbocycles. The highest BCUT2D eigenvalue weighted by Gasteiger charge is 2.26. The van der Waals surface area contributed by atoms with Gasteiger partial charge in [0.1, 0.15) is 0 Å². The smallest absolute Gasteiger partial charge is 0.243 e. The number of benzene rings is 2. The van der Waals surface area contributed by atoms with Crippen molar-refractivity contribution in [2.24, 2.45) is 0 Å². The molecule has 156 valence electrons. The van der Waals surface area contributed by atoms with Crippen molar-refractivity contribution in [1.29, 1.82) is 0 Å². The summed E-state index contributed by atoms with van der Waals surface area (Å²) in [5.41, 5.74) is 2.00. The molecule has 4 rings (SSSR count). The fourth-order valence-electron chi connectivity index (χ4n) is 3.68. The van der Waals surface area contributed by atoms with E-state index in [-0.39, 0.29) is 11.9 Å². The fourth-order valence-corrected chi connectivity index (χ4v) is 3.68. The molecule has 2 heterocycles. The minimum absolute atomic E-state index is 0.0187. The Morgan fingerprint density at radius 2 is 1.70 bits per heavy atom. The highest BCUT2D eigenvalue weighted by molar-refractivity contribution is 5.92. The molecule has 0 saturated carbocycles. The number of hydrogen-bond acceptors (Lipinski definition) is 6. The number of nitrogens with zero attached hydrogens (tertiary/aromatic N) is 4. The Labute approximate surface area is 176 Å². The maximum atomic E-state index is 12.3. The van der Waals surface area contributed by atoms with E-state index in [1.165, 1.54) is 5.56 Å². The molecule has 1 N–H and O–H groups in total. The van der Waals surface area contributed by atoms with E-state index in [0.717, 1.165) is 31.9 Å². The predicted octanol–water partition coefficient (Wildman–Crippen LogP) is 2.98. The van der Waals surface area contributed by atoms with Crippen LogP contribution in [0.1, 0.15) is 30.2 Å². The molecule has 0 spiro atoms. The zero-order valence-electron chi connectivity index (χ0n) is 17.2. The molecule has 3 aromatic rings. The molecule has 1 aromatic heterocycles. The molecule has 1 fully saturated rings. The van der Waals surface area contributed by atoms with Crippen LogP contribution in [-0.2, 0) is 11.2 Å². The number of carbonyl (C=O) groups excluding carboxylic acids is 1. The van der Waals surface area contributed by atoms with Crippen molar-refractivity contribution in [2.75, 3.05) is 38.0 Å². The Morgan fingerprint density at radius 1 is 1.03 bits per heavy atom. The topological polar surface area (TPSA) is 74.5 Å². The van der Waals surface area contributed by atoms with Crippen molar-refractivity contribution in [3.05, 3.63) is 77.9 Å². The summed E-state index contributed by atoms with van der Waals surface area (Å²) in [7, 11) is 0. The zero-order valence-corrected chi connectivity index (χ0v) is 17.2. The summed E-state index contributed by atoms with van der Waals surface area (Å²) >= 11 is 0. The Balaban J connectivity index is 1.25. The third kappa shape index (κ3) is 5.31. The number of amides is 1. The number of rotatable bonds is 7. The first-order valence-electron chi connectivity index (χ1n) is 10.3. The summed E-state index contributed by atoms with van der Waals surface area (Å²) < 4.78 is 5.53. The minimum Gasteiger partial charge on any atom is -0.338 e. The van der Waals surface area contributed by atoms with Crippen molar-refractivity contribution in [3.63, 3.8) is 0 Å². The predicted molar refractivity (Wildman–Crippen MR) is 115 cm³/mol. The van der Waals surface area contributed by atoms with Crippen LogP contribution in [0.25, 0.3) is 0 Å². The van der Waals surface area contributed by atoms with Gasteiger partial charge in [-0.05, 0) is 24.6 Å². The van der Waals surface area contributed by atoms with Gasteiger partial charge in [0.15, 0.2) is 5.82 Å². The largest absolute Gasteiger partial charge is 0.338 e. The van der Waals surface area contributed by atoms with Gasteiger partial charge in [0, 0.05) is 38.3 Å². The number of anilines is 1. The molecular weight excluding hydrogens is 378 g/mol. The highest BCUT2D eigenvalue weighted by atomic mass is 16.5. The van der Waals surface area contributed by atoms with E-state index < -0.39 is 0 Å². The molecule has 1 aliphatic rings. The summed E-state index contributed by atoms with van der Waals surface area (Å²) in [6, 6.07) is 19.8. The molecule has 1 amide bonds. The lowest BCUT2D eigenvalue weighted by Gasteiger charge is -2.36. The standard InChI is InChI=1S/C23H27N5O2/c1-18(23-25-21(26-30-23)16-19-8-4-2-5-9-19)28-14-12-27(13-15-28)17-22(29)24-20-10-6-3-7-11-20/h2-11,18H,12-17H2,1H3,(H,24,29)/t18-/m1/s1. The van der Waals surface area contributed by atoms with Gasteiger partial charge in [0.2, 0.25) is 11.8 Å². The molecular formula is C23H27N5O2. The normalized spacial score (nSPS) is 16.3. The van der Waals surface area contributed by atoms with Gasteiger partial charge >= 0.3 is 0 Å². The molecule has 2 aromatic carbocycles. The highest BCUT2D eigenvalue weighted by Crippen LogP contribution is 2.21. The second kappa shape index (κ2) is 9.65. The van der Waals surface area contributed by atoms with Crippen molar-refractivity contribution < 1.29 is 9.32 Å². The molecule has 1 saturated heterocycles. The lowest BCUT2D eigenvalue weighted by molar-refractivity contribution is -0.117. The van der Waals surface area contributed by atoms with E-state index in [1.54, 1.807) is 0 Å². The summed E-state index contributed by atoms with van der Waals surface area (Å²) in [5.74, 6) is 1.38. The van der Waals surface area contributed by atoms with Crippen LogP contribution in [0.4, 0.5) is 5.69 Å². The van der Waals surface area contributed by atoms with Crippen LogP contribution < -0.4 is 5.32 Å². The summed E-state index contributed by atoms with van der Waals surface area (Å²) in [4.78, 5) is 21.4. The third-order valence-corrected chi connectivity index (χ3v) is 5.43. The lowest BCUT2D eigenvalue weighted by Crippen LogP contribution is -2.49. The van der Waals surface area contributed by atoms with Crippen LogP contribution >= 0.6 is 0 Å². The molecule has 30 heavy (non-hydrogen) atoms. The van der Waals surface area contributed by atoms with Gasteiger partial charge in [-0.2, -0.15) is 4.98 Å². The number of carbonyl (C=O) groups is 1. The second-order valence-corrected chi connectivity index (χ2v) is 7.61. The van der Waals surface area contributed by atoms with Crippen LogP contribution in [0, 0.1) is 0 Å². The van der Waals surface area contributed by atoms with Crippen LogP contribution in [0.5, 0.6) is 0 Å². The van der Waals surface area contributed by atoms with Crippen LogP contribution in [-0.4, -0.2) is 58.6 Å². The molecule has 1 aliphatic heterocycles.